The number of amides is 1. The average molecular weight is 354 g/mol. The molecule has 0 unspecified atom stereocenters. The molecule has 0 aliphatic carbocycles. The van der Waals surface area contributed by atoms with Crippen LogP contribution in [0.1, 0.15) is 23.6 Å². The second-order valence-electron chi connectivity index (χ2n) is 5.57. The van der Waals surface area contributed by atoms with Crippen molar-refractivity contribution in [2.75, 3.05) is 13.7 Å². The van der Waals surface area contributed by atoms with Gasteiger partial charge in [-0.05, 0) is 47.4 Å². The van der Waals surface area contributed by atoms with Crippen LogP contribution in [0.5, 0.6) is 5.75 Å². The van der Waals surface area contributed by atoms with Crippen molar-refractivity contribution in [3.8, 4) is 5.75 Å². The maximum absolute atomic E-state index is 11.9. The minimum absolute atomic E-state index is 0.140. The van der Waals surface area contributed by atoms with Crippen LogP contribution in [0.15, 0.2) is 53.6 Å². The number of carbonyl (C=O) groups excluding carboxylic acids is 2. The first-order chi connectivity index (χ1) is 12.6. The van der Waals surface area contributed by atoms with E-state index in [9.17, 15) is 9.59 Å². The molecule has 2 aromatic carbocycles. The van der Waals surface area contributed by atoms with E-state index in [4.69, 9.17) is 4.74 Å². The maximum Gasteiger partial charge on any atom is 0.343 e. The topological polar surface area (TPSA) is 77.0 Å². The van der Waals surface area contributed by atoms with E-state index < -0.39 is 5.97 Å². The van der Waals surface area contributed by atoms with Crippen LogP contribution in [0.4, 0.5) is 0 Å². The molecule has 0 radical (unpaired) electrons. The van der Waals surface area contributed by atoms with Crippen molar-refractivity contribution in [2.45, 2.75) is 19.8 Å². The van der Waals surface area contributed by atoms with Gasteiger partial charge < -0.3 is 9.47 Å². The van der Waals surface area contributed by atoms with Crippen LogP contribution in [0, 0.1) is 0 Å². The lowest BCUT2D eigenvalue weighted by molar-refractivity contribution is -0.142. The van der Waals surface area contributed by atoms with E-state index in [2.05, 4.69) is 22.2 Å². The van der Waals surface area contributed by atoms with E-state index in [-0.39, 0.29) is 18.9 Å². The number of ether oxygens (including phenoxy) is 2. The number of rotatable bonds is 8. The third-order valence-electron chi connectivity index (χ3n) is 3.66. The van der Waals surface area contributed by atoms with Crippen molar-refractivity contribution >= 4 is 18.1 Å². The summed E-state index contributed by atoms with van der Waals surface area (Å²) in [6.07, 6.45) is 2.80. The van der Waals surface area contributed by atoms with E-state index in [1.165, 1.54) is 12.7 Å². The highest BCUT2D eigenvalue weighted by Crippen LogP contribution is 2.11. The van der Waals surface area contributed by atoms with Crippen molar-refractivity contribution in [1.29, 1.82) is 0 Å². The normalized spacial score (nSPS) is 10.5. The molecule has 0 aliphatic rings. The first-order valence-corrected chi connectivity index (χ1v) is 8.30. The minimum Gasteiger partial charge on any atom is -0.482 e. The molecule has 0 aliphatic heterocycles. The van der Waals surface area contributed by atoms with Crippen LogP contribution in [0.2, 0.25) is 0 Å². The SMILES string of the molecule is CCc1ccc(CC(=O)N/N=C/c2ccc(OCC(=O)OC)cc2)cc1. The molecule has 0 fully saturated rings. The third-order valence-corrected chi connectivity index (χ3v) is 3.66. The Balaban J connectivity index is 1.79. The van der Waals surface area contributed by atoms with Gasteiger partial charge in [-0.1, -0.05) is 31.2 Å². The standard InChI is InChI=1S/C20H22N2O4/c1-3-15-4-6-16(7-5-15)12-19(23)22-21-13-17-8-10-18(11-9-17)26-14-20(24)25-2/h4-11,13H,3,12,14H2,1-2H3,(H,22,23)/b21-13+. The van der Waals surface area contributed by atoms with Crippen LogP contribution < -0.4 is 10.2 Å². The summed E-state index contributed by atoms with van der Waals surface area (Å²) < 4.78 is 9.75. The Morgan fingerprint density at radius 3 is 2.31 bits per heavy atom. The zero-order valence-electron chi connectivity index (χ0n) is 14.9. The molecule has 0 aromatic heterocycles. The van der Waals surface area contributed by atoms with Gasteiger partial charge in [0.05, 0.1) is 19.7 Å². The molecule has 6 nitrogen and oxygen atoms in total. The number of benzene rings is 2. The summed E-state index contributed by atoms with van der Waals surface area (Å²) in [7, 11) is 1.31. The molecular formula is C20H22N2O4. The molecule has 0 heterocycles. The largest absolute Gasteiger partial charge is 0.482 e. The molecule has 1 amide bonds. The third kappa shape index (κ3) is 6.39. The van der Waals surface area contributed by atoms with Crippen LogP contribution in [-0.2, 0) is 27.2 Å². The van der Waals surface area contributed by atoms with Gasteiger partial charge in [0.15, 0.2) is 6.61 Å². The Hall–Kier alpha value is -3.15. The Morgan fingerprint density at radius 2 is 1.69 bits per heavy atom. The molecule has 26 heavy (non-hydrogen) atoms. The first kappa shape index (κ1) is 19.2. The van der Waals surface area contributed by atoms with Crippen LogP contribution in [-0.4, -0.2) is 31.8 Å². The number of carbonyl (C=O) groups is 2. The molecule has 2 rings (SSSR count). The Labute approximate surface area is 152 Å². The van der Waals surface area contributed by atoms with E-state index in [1.54, 1.807) is 30.5 Å². The van der Waals surface area contributed by atoms with Crippen LogP contribution in [0.25, 0.3) is 0 Å². The zero-order valence-corrected chi connectivity index (χ0v) is 14.9. The molecule has 136 valence electrons. The van der Waals surface area contributed by atoms with Gasteiger partial charge in [0.1, 0.15) is 5.75 Å². The summed E-state index contributed by atoms with van der Waals surface area (Å²) in [5, 5.41) is 3.95. The molecule has 0 saturated carbocycles. The highest BCUT2D eigenvalue weighted by molar-refractivity contribution is 5.83. The maximum atomic E-state index is 11.9. The molecule has 1 N–H and O–H groups in total. The van der Waals surface area contributed by atoms with E-state index in [0.717, 1.165) is 17.5 Å². The summed E-state index contributed by atoms with van der Waals surface area (Å²) in [4.78, 5) is 22.9. The Morgan fingerprint density at radius 1 is 1.04 bits per heavy atom. The summed E-state index contributed by atoms with van der Waals surface area (Å²) in [6.45, 7) is 1.95. The van der Waals surface area contributed by atoms with Crippen molar-refractivity contribution in [1.82, 2.24) is 5.43 Å². The van der Waals surface area contributed by atoms with Crippen LogP contribution in [0.3, 0.4) is 0 Å². The fourth-order valence-electron chi connectivity index (χ4n) is 2.15. The molecular weight excluding hydrogens is 332 g/mol. The number of hydrogen-bond donors (Lipinski definition) is 1. The van der Waals surface area contributed by atoms with E-state index in [1.807, 2.05) is 24.3 Å². The van der Waals surface area contributed by atoms with Crippen molar-refractivity contribution < 1.29 is 19.1 Å². The summed E-state index contributed by atoms with van der Waals surface area (Å²) in [5.74, 6) is -0.0710. The van der Waals surface area contributed by atoms with E-state index in [0.29, 0.717) is 5.75 Å². The summed E-state index contributed by atoms with van der Waals surface area (Å²) in [5.41, 5.74) is 5.49. The molecule has 0 saturated heterocycles. The Kier molecular flexibility index (Phi) is 7.36. The van der Waals surface area contributed by atoms with Crippen molar-refractivity contribution in [3.63, 3.8) is 0 Å². The quantitative estimate of drug-likeness (QED) is 0.449. The highest BCUT2D eigenvalue weighted by atomic mass is 16.6. The fraction of sp³-hybridized carbons (Fsp3) is 0.250. The van der Waals surface area contributed by atoms with E-state index >= 15 is 0 Å². The van der Waals surface area contributed by atoms with Gasteiger partial charge in [-0.25, -0.2) is 10.2 Å². The molecule has 6 heteroatoms. The lowest BCUT2D eigenvalue weighted by Gasteiger charge is -2.04. The number of hydrogen-bond acceptors (Lipinski definition) is 5. The number of nitrogens with zero attached hydrogens (tertiary/aromatic N) is 1. The van der Waals surface area contributed by atoms with Gasteiger partial charge in [-0.15, -0.1) is 0 Å². The highest BCUT2D eigenvalue weighted by Gasteiger charge is 2.03. The fourth-order valence-corrected chi connectivity index (χ4v) is 2.15. The van der Waals surface area contributed by atoms with Gasteiger partial charge in [0.2, 0.25) is 5.91 Å². The lowest BCUT2D eigenvalue weighted by atomic mass is 10.1. The summed E-state index contributed by atoms with van der Waals surface area (Å²) in [6, 6.07) is 14.9. The Bertz CT molecular complexity index is 752. The predicted molar refractivity (Wildman–Crippen MR) is 99.2 cm³/mol. The second-order valence-corrected chi connectivity index (χ2v) is 5.57. The van der Waals surface area contributed by atoms with Gasteiger partial charge in [0, 0.05) is 0 Å². The number of methoxy groups -OCH3 is 1. The number of esters is 1. The molecule has 0 spiro atoms. The van der Waals surface area contributed by atoms with Crippen molar-refractivity contribution in [3.05, 3.63) is 65.2 Å². The summed E-state index contributed by atoms with van der Waals surface area (Å²) >= 11 is 0. The molecule has 2 aromatic rings. The molecule has 0 bridgehead atoms. The van der Waals surface area contributed by atoms with Gasteiger partial charge >= 0.3 is 5.97 Å². The number of nitrogens with one attached hydrogen (secondary N) is 1. The molecule has 0 atom stereocenters. The van der Waals surface area contributed by atoms with Gasteiger partial charge in [0.25, 0.3) is 0 Å². The average Bonchev–Trinajstić information content (AvgIpc) is 2.67. The zero-order chi connectivity index (χ0) is 18.8. The van der Waals surface area contributed by atoms with Crippen molar-refractivity contribution in [2.24, 2.45) is 5.10 Å². The first-order valence-electron chi connectivity index (χ1n) is 8.30. The van der Waals surface area contributed by atoms with Gasteiger partial charge in [-0.2, -0.15) is 5.10 Å². The lowest BCUT2D eigenvalue weighted by Crippen LogP contribution is -2.19. The number of aryl methyl sites for hydroxylation is 1. The number of hydrazone groups is 1. The minimum atomic E-state index is -0.442. The van der Waals surface area contributed by atoms with Gasteiger partial charge in [-0.3, -0.25) is 4.79 Å². The second kappa shape index (κ2) is 9.98. The monoisotopic (exact) mass is 354 g/mol. The smallest absolute Gasteiger partial charge is 0.343 e. The predicted octanol–water partition coefficient (Wildman–Crippen LogP) is 2.49. The van der Waals surface area contributed by atoms with Crippen LogP contribution >= 0.6 is 0 Å².